The average Bonchev–Trinajstić information content (AvgIpc) is 2.27. The predicted octanol–water partition coefficient (Wildman–Crippen LogP) is 1.59. The Kier molecular flexibility index (Phi) is 3.74. The van der Waals surface area contributed by atoms with Crippen LogP contribution in [0.2, 0.25) is 0 Å². The Labute approximate surface area is 87.7 Å². The summed E-state index contributed by atoms with van der Waals surface area (Å²) in [5, 5.41) is 9.65. The Bertz CT molecular complexity index is 382. The SMILES string of the molecule is COC(=O)C=Cc1cccc(OC)c1O. The molecule has 4 nitrogen and oxygen atoms in total. The van der Waals surface area contributed by atoms with Gasteiger partial charge in [0.2, 0.25) is 0 Å². The Balaban J connectivity index is 2.95. The zero-order valence-corrected chi connectivity index (χ0v) is 8.56. The Hall–Kier alpha value is -1.97. The van der Waals surface area contributed by atoms with Gasteiger partial charge < -0.3 is 14.6 Å². The van der Waals surface area contributed by atoms with Crippen molar-refractivity contribution < 1.29 is 19.4 Å². The molecule has 0 bridgehead atoms. The number of esters is 1. The van der Waals surface area contributed by atoms with E-state index in [0.29, 0.717) is 11.3 Å². The van der Waals surface area contributed by atoms with Gasteiger partial charge in [-0.3, -0.25) is 0 Å². The maximum atomic E-state index is 10.8. The second kappa shape index (κ2) is 5.05. The van der Waals surface area contributed by atoms with Crippen LogP contribution in [0.15, 0.2) is 24.3 Å². The van der Waals surface area contributed by atoms with E-state index in [4.69, 9.17) is 4.74 Å². The fourth-order valence-corrected chi connectivity index (χ4v) is 1.06. The summed E-state index contributed by atoms with van der Waals surface area (Å²) in [7, 11) is 2.75. The Morgan fingerprint density at radius 2 is 2.13 bits per heavy atom. The van der Waals surface area contributed by atoms with Crippen LogP contribution in [0.1, 0.15) is 5.56 Å². The Morgan fingerprint density at radius 3 is 2.73 bits per heavy atom. The highest BCUT2D eigenvalue weighted by Crippen LogP contribution is 2.29. The van der Waals surface area contributed by atoms with Gasteiger partial charge in [-0.1, -0.05) is 12.1 Å². The molecule has 1 aromatic carbocycles. The van der Waals surface area contributed by atoms with Crippen molar-refractivity contribution in [3.05, 3.63) is 29.8 Å². The largest absolute Gasteiger partial charge is 0.504 e. The summed E-state index contributed by atoms with van der Waals surface area (Å²) < 4.78 is 9.35. The highest BCUT2D eigenvalue weighted by atomic mass is 16.5. The molecule has 0 radical (unpaired) electrons. The van der Waals surface area contributed by atoms with Crippen LogP contribution in [-0.2, 0) is 9.53 Å². The fraction of sp³-hybridized carbons (Fsp3) is 0.182. The zero-order chi connectivity index (χ0) is 11.3. The maximum Gasteiger partial charge on any atom is 0.330 e. The van der Waals surface area contributed by atoms with Gasteiger partial charge in [-0.05, 0) is 12.1 Å². The van der Waals surface area contributed by atoms with Gasteiger partial charge in [-0.25, -0.2) is 4.79 Å². The molecule has 80 valence electrons. The number of carbonyl (C=O) groups is 1. The minimum Gasteiger partial charge on any atom is -0.504 e. The minimum absolute atomic E-state index is 0.000142. The second-order valence-corrected chi connectivity index (χ2v) is 2.75. The van der Waals surface area contributed by atoms with E-state index in [9.17, 15) is 9.90 Å². The maximum absolute atomic E-state index is 10.8. The van der Waals surface area contributed by atoms with Gasteiger partial charge in [-0.2, -0.15) is 0 Å². The van der Waals surface area contributed by atoms with Gasteiger partial charge in [0.1, 0.15) is 0 Å². The molecule has 0 saturated heterocycles. The number of ether oxygens (including phenoxy) is 2. The highest BCUT2D eigenvalue weighted by molar-refractivity contribution is 5.87. The highest BCUT2D eigenvalue weighted by Gasteiger charge is 2.04. The van der Waals surface area contributed by atoms with Gasteiger partial charge in [0.15, 0.2) is 11.5 Å². The van der Waals surface area contributed by atoms with Crippen molar-refractivity contribution >= 4 is 12.0 Å². The summed E-state index contributed by atoms with van der Waals surface area (Å²) in [6.45, 7) is 0. The number of benzene rings is 1. The molecular weight excluding hydrogens is 196 g/mol. The fourth-order valence-electron chi connectivity index (χ4n) is 1.06. The average molecular weight is 208 g/mol. The molecule has 1 rings (SSSR count). The summed E-state index contributed by atoms with van der Waals surface area (Å²) in [6, 6.07) is 5.01. The normalized spacial score (nSPS) is 10.3. The van der Waals surface area contributed by atoms with E-state index in [2.05, 4.69) is 4.74 Å². The molecule has 0 atom stereocenters. The van der Waals surface area contributed by atoms with Crippen molar-refractivity contribution in [1.82, 2.24) is 0 Å². The summed E-state index contributed by atoms with van der Waals surface area (Å²) in [6.07, 6.45) is 2.69. The standard InChI is InChI=1S/C11H12O4/c1-14-9-5-3-4-8(11(9)13)6-7-10(12)15-2/h3-7,13H,1-2H3. The topological polar surface area (TPSA) is 55.8 Å². The first-order valence-electron chi connectivity index (χ1n) is 4.31. The Morgan fingerprint density at radius 1 is 1.40 bits per heavy atom. The number of carbonyl (C=O) groups excluding carboxylic acids is 1. The number of phenols is 1. The van der Waals surface area contributed by atoms with E-state index in [-0.39, 0.29) is 5.75 Å². The lowest BCUT2D eigenvalue weighted by Gasteiger charge is -2.04. The first kappa shape index (κ1) is 11.1. The van der Waals surface area contributed by atoms with Crippen LogP contribution in [-0.4, -0.2) is 25.3 Å². The van der Waals surface area contributed by atoms with Gasteiger partial charge in [0.05, 0.1) is 14.2 Å². The second-order valence-electron chi connectivity index (χ2n) is 2.75. The van der Waals surface area contributed by atoms with Gasteiger partial charge in [-0.15, -0.1) is 0 Å². The van der Waals surface area contributed by atoms with Gasteiger partial charge >= 0.3 is 5.97 Å². The molecule has 0 heterocycles. The number of para-hydroxylation sites is 1. The van der Waals surface area contributed by atoms with E-state index in [1.165, 1.54) is 26.4 Å². The summed E-state index contributed by atoms with van der Waals surface area (Å²) >= 11 is 0. The lowest BCUT2D eigenvalue weighted by Crippen LogP contribution is -1.93. The molecule has 4 heteroatoms. The van der Waals surface area contributed by atoms with Crippen molar-refractivity contribution in [3.63, 3.8) is 0 Å². The molecule has 1 N–H and O–H groups in total. The first-order valence-corrected chi connectivity index (χ1v) is 4.31. The number of hydrogen-bond acceptors (Lipinski definition) is 4. The molecule has 1 aromatic rings. The van der Waals surface area contributed by atoms with Crippen molar-refractivity contribution in [2.24, 2.45) is 0 Å². The zero-order valence-electron chi connectivity index (χ0n) is 8.56. The molecule has 0 aliphatic carbocycles. The van der Waals surface area contributed by atoms with E-state index in [1.807, 2.05) is 0 Å². The van der Waals surface area contributed by atoms with E-state index in [0.717, 1.165) is 0 Å². The molecule has 0 unspecified atom stereocenters. The van der Waals surface area contributed by atoms with Crippen LogP contribution in [0.3, 0.4) is 0 Å². The molecule has 0 spiro atoms. The van der Waals surface area contributed by atoms with Crippen molar-refractivity contribution in [1.29, 1.82) is 0 Å². The number of phenolic OH excluding ortho intramolecular Hbond substituents is 1. The van der Waals surface area contributed by atoms with Crippen molar-refractivity contribution in [2.75, 3.05) is 14.2 Å². The first-order chi connectivity index (χ1) is 7.19. The smallest absolute Gasteiger partial charge is 0.330 e. The molecule has 0 aromatic heterocycles. The summed E-state index contributed by atoms with van der Waals surface area (Å²) in [4.78, 5) is 10.8. The lowest BCUT2D eigenvalue weighted by molar-refractivity contribution is -0.134. The van der Waals surface area contributed by atoms with Gasteiger partial charge in [0, 0.05) is 11.6 Å². The van der Waals surface area contributed by atoms with E-state index < -0.39 is 5.97 Å². The third kappa shape index (κ3) is 2.74. The molecule has 0 aliphatic heterocycles. The minimum atomic E-state index is -0.475. The van der Waals surface area contributed by atoms with Crippen LogP contribution >= 0.6 is 0 Å². The molecule has 0 saturated carbocycles. The van der Waals surface area contributed by atoms with Crippen molar-refractivity contribution in [2.45, 2.75) is 0 Å². The van der Waals surface area contributed by atoms with Crippen LogP contribution in [0, 0.1) is 0 Å². The van der Waals surface area contributed by atoms with E-state index in [1.54, 1.807) is 18.2 Å². The molecule has 0 amide bonds. The number of rotatable bonds is 3. The molecule has 0 aliphatic rings. The van der Waals surface area contributed by atoms with E-state index >= 15 is 0 Å². The van der Waals surface area contributed by atoms with Crippen molar-refractivity contribution in [3.8, 4) is 11.5 Å². The summed E-state index contributed by atoms with van der Waals surface area (Å²) in [5.74, 6) is -0.112. The monoisotopic (exact) mass is 208 g/mol. The van der Waals surface area contributed by atoms with Crippen LogP contribution in [0.25, 0.3) is 6.08 Å². The number of hydrogen-bond donors (Lipinski definition) is 1. The lowest BCUT2D eigenvalue weighted by atomic mass is 10.1. The molecule has 15 heavy (non-hydrogen) atoms. The van der Waals surface area contributed by atoms with Crippen LogP contribution in [0.5, 0.6) is 11.5 Å². The predicted molar refractivity (Wildman–Crippen MR) is 55.7 cm³/mol. The van der Waals surface area contributed by atoms with Gasteiger partial charge in [0.25, 0.3) is 0 Å². The van der Waals surface area contributed by atoms with Crippen LogP contribution in [0.4, 0.5) is 0 Å². The third-order valence-corrected chi connectivity index (χ3v) is 1.85. The molecule has 0 fully saturated rings. The number of aromatic hydroxyl groups is 1. The third-order valence-electron chi connectivity index (χ3n) is 1.85. The quantitative estimate of drug-likeness (QED) is 0.605. The molecular formula is C11H12O4. The number of methoxy groups -OCH3 is 2. The van der Waals surface area contributed by atoms with Crippen LogP contribution < -0.4 is 4.74 Å². The summed E-state index contributed by atoms with van der Waals surface area (Å²) in [5.41, 5.74) is 0.500.